The Hall–Kier alpha value is -4.70. The Labute approximate surface area is 227 Å². The fraction of sp³-hybridized carbons (Fsp3) is 0.143. The second-order valence-electron chi connectivity index (χ2n) is 8.92. The number of fused-ring (bicyclic) bond motifs is 3. The lowest BCUT2D eigenvalue weighted by Crippen LogP contribution is -2.38. The van der Waals surface area contributed by atoms with E-state index in [0.717, 1.165) is 0 Å². The van der Waals surface area contributed by atoms with Crippen molar-refractivity contribution in [2.45, 2.75) is 13.2 Å². The summed E-state index contributed by atoms with van der Waals surface area (Å²) >= 11 is 6.20. The topological polar surface area (TPSA) is 114 Å². The minimum Gasteiger partial charge on any atom is -0.488 e. The van der Waals surface area contributed by atoms with Gasteiger partial charge in [0.25, 0.3) is 5.91 Å². The number of benzene rings is 3. The van der Waals surface area contributed by atoms with Crippen LogP contribution in [0.3, 0.4) is 0 Å². The summed E-state index contributed by atoms with van der Waals surface area (Å²) in [6, 6.07) is 16.8. The minimum absolute atomic E-state index is 0.00686. The van der Waals surface area contributed by atoms with Crippen molar-refractivity contribution in [3.63, 3.8) is 0 Å². The van der Waals surface area contributed by atoms with Crippen LogP contribution in [0.5, 0.6) is 5.75 Å². The van der Waals surface area contributed by atoms with Gasteiger partial charge in [0.1, 0.15) is 24.7 Å². The highest BCUT2D eigenvalue weighted by Gasteiger charge is 2.32. The second-order valence-corrected chi connectivity index (χ2v) is 9.35. The smallest absolute Gasteiger partial charge is 0.335 e. The number of ether oxygens (including phenoxy) is 1. The van der Waals surface area contributed by atoms with Crippen molar-refractivity contribution < 1.29 is 28.6 Å². The highest BCUT2D eigenvalue weighted by Crippen LogP contribution is 2.40. The monoisotopic (exact) mass is 548 g/mol. The van der Waals surface area contributed by atoms with Crippen LogP contribution in [-0.2, 0) is 25.0 Å². The lowest BCUT2D eigenvalue weighted by atomic mass is 10.0. The van der Waals surface area contributed by atoms with Crippen molar-refractivity contribution in [3.8, 4) is 17.0 Å². The Morgan fingerprint density at radius 1 is 1.13 bits per heavy atom. The molecule has 0 spiro atoms. The van der Waals surface area contributed by atoms with E-state index in [1.54, 1.807) is 36.0 Å². The molecule has 0 fully saturated rings. The van der Waals surface area contributed by atoms with Crippen LogP contribution in [0.4, 0.5) is 10.1 Å². The van der Waals surface area contributed by atoms with Crippen molar-refractivity contribution in [1.29, 1.82) is 0 Å². The number of nitrogens with one attached hydrogen (secondary N) is 1. The summed E-state index contributed by atoms with van der Waals surface area (Å²) < 4.78 is 22.0. The lowest BCUT2D eigenvalue weighted by molar-refractivity contribution is -0.117. The SMILES string of the molecule is Cn1nc(C(=O)N(CC(=O)Nc2cccc(C(=O)O)c2)Cc2ccccc2F)c2c1-c1cc(Cl)ccc1OC2. The zero-order valence-corrected chi connectivity index (χ0v) is 21.4. The van der Waals surface area contributed by atoms with Gasteiger partial charge in [-0.15, -0.1) is 0 Å². The van der Waals surface area contributed by atoms with Crippen LogP contribution >= 0.6 is 11.6 Å². The summed E-state index contributed by atoms with van der Waals surface area (Å²) in [7, 11) is 1.69. The third-order valence-electron chi connectivity index (χ3n) is 6.25. The average Bonchev–Trinajstić information content (AvgIpc) is 3.25. The third kappa shape index (κ3) is 5.32. The number of carboxylic acids is 1. The molecule has 1 aliphatic heterocycles. The maximum absolute atomic E-state index is 14.6. The third-order valence-corrected chi connectivity index (χ3v) is 6.49. The fourth-order valence-electron chi connectivity index (χ4n) is 4.46. The van der Waals surface area contributed by atoms with Crippen molar-refractivity contribution in [2.75, 3.05) is 11.9 Å². The minimum atomic E-state index is -1.15. The number of anilines is 1. The predicted octanol–water partition coefficient (Wildman–Crippen LogP) is 4.75. The van der Waals surface area contributed by atoms with Crippen LogP contribution in [0.2, 0.25) is 5.02 Å². The van der Waals surface area contributed by atoms with E-state index in [1.165, 1.54) is 47.4 Å². The van der Waals surface area contributed by atoms with Crippen LogP contribution in [-0.4, -0.2) is 44.1 Å². The molecule has 1 aromatic heterocycles. The van der Waals surface area contributed by atoms with E-state index in [0.29, 0.717) is 27.6 Å². The van der Waals surface area contributed by atoms with Crippen LogP contribution < -0.4 is 10.1 Å². The second kappa shape index (κ2) is 10.6. The van der Waals surface area contributed by atoms with E-state index < -0.39 is 30.1 Å². The van der Waals surface area contributed by atoms with Gasteiger partial charge in [0, 0.05) is 41.0 Å². The summed E-state index contributed by atoms with van der Waals surface area (Å²) in [5.74, 6) is -2.27. The number of aryl methyl sites for hydroxylation is 1. The Kier molecular flexibility index (Phi) is 7.03. The van der Waals surface area contributed by atoms with Crippen LogP contribution in [0.25, 0.3) is 11.3 Å². The van der Waals surface area contributed by atoms with Gasteiger partial charge in [-0.05, 0) is 42.5 Å². The quantitative estimate of drug-likeness (QED) is 0.344. The molecule has 2 N–H and O–H groups in total. The van der Waals surface area contributed by atoms with Gasteiger partial charge in [0.2, 0.25) is 5.91 Å². The summed E-state index contributed by atoms with van der Waals surface area (Å²) in [5.41, 5.74) is 2.37. The number of halogens is 2. The van der Waals surface area contributed by atoms with Crippen LogP contribution in [0.1, 0.15) is 32.0 Å². The zero-order chi connectivity index (χ0) is 27.7. The molecule has 2 heterocycles. The van der Waals surface area contributed by atoms with Crippen LogP contribution in [0, 0.1) is 5.82 Å². The summed E-state index contributed by atoms with van der Waals surface area (Å²) in [4.78, 5) is 39.3. The van der Waals surface area contributed by atoms with E-state index in [-0.39, 0.29) is 35.7 Å². The van der Waals surface area contributed by atoms with E-state index in [4.69, 9.17) is 16.3 Å². The molecular formula is C28H22ClFN4O5. The van der Waals surface area contributed by atoms with Gasteiger partial charge >= 0.3 is 5.97 Å². The highest BCUT2D eigenvalue weighted by molar-refractivity contribution is 6.31. The van der Waals surface area contributed by atoms with Crippen LogP contribution in [0.15, 0.2) is 66.7 Å². The summed E-state index contributed by atoms with van der Waals surface area (Å²) in [5, 5.41) is 16.8. The Morgan fingerprint density at radius 2 is 1.92 bits per heavy atom. The zero-order valence-electron chi connectivity index (χ0n) is 20.6. The maximum Gasteiger partial charge on any atom is 0.335 e. The van der Waals surface area contributed by atoms with Crippen molar-refractivity contribution in [2.24, 2.45) is 7.05 Å². The number of hydrogen-bond acceptors (Lipinski definition) is 5. The van der Waals surface area contributed by atoms with Gasteiger partial charge in [-0.25, -0.2) is 9.18 Å². The van der Waals surface area contributed by atoms with E-state index in [1.807, 2.05) is 0 Å². The number of aromatic nitrogens is 2. The molecule has 1 aliphatic rings. The summed E-state index contributed by atoms with van der Waals surface area (Å²) in [6.45, 7) is -0.581. The number of aromatic carboxylic acids is 1. The number of carbonyl (C=O) groups excluding carboxylic acids is 2. The Morgan fingerprint density at radius 3 is 2.69 bits per heavy atom. The first kappa shape index (κ1) is 25.9. The molecule has 0 bridgehead atoms. The molecule has 3 aromatic carbocycles. The number of hydrogen-bond donors (Lipinski definition) is 2. The molecule has 2 amide bonds. The molecule has 0 radical (unpaired) electrons. The molecule has 0 saturated carbocycles. The molecule has 9 nitrogen and oxygen atoms in total. The Balaban J connectivity index is 1.47. The fourth-order valence-corrected chi connectivity index (χ4v) is 4.63. The van der Waals surface area contributed by atoms with Gasteiger partial charge < -0.3 is 20.1 Å². The largest absolute Gasteiger partial charge is 0.488 e. The summed E-state index contributed by atoms with van der Waals surface area (Å²) in [6.07, 6.45) is 0. The number of carboxylic acid groups (broad SMARTS) is 1. The van der Waals surface area contributed by atoms with Gasteiger partial charge in [-0.3, -0.25) is 14.3 Å². The first-order valence-corrected chi connectivity index (χ1v) is 12.2. The highest BCUT2D eigenvalue weighted by atomic mass is 35.5. The van der Waals surface area contributed by atoms with Crippen molar-refractivity contribution >= 4 is 35.1 Å². The van der Waals surface area contributed by atoms with E-state index in [9.17, 15) is 23.9 Å². The standard InChI is InChI=1S/C28H22ClFN4O5/c1-33-26-20-12-18(29)9-10-23(20)39-15-21(26)25(32-33)27(36)34(13-17-5-2-3-8-22(17)30)14-24(35)31-19-7-4-6-16(11-19)28(37)38/h2-12H,13-15H2,1H3,(H,31,35)(H,37,38). The average molecular weight is 549 g/mol. The van der Waals surface area contributed by atoms with Gasteiger partial charge in [-0.1, -0.05) is 35.9 Å². The van der Waals surface area contributed by atoms with Gasteiger partial charge in [0.15, 0.2) is 5.69 Å². The molecule has 0 unspecified atom stereocenters. The molecule has 5 rings (SSSR count). The molecule has 11 heteroatoms. The van der Waals surface area contributed by atoms with E-state index >= 15 is 0 Å². The van der Waals surface area contributed by atoms with Gasteiger partial charge in [0.05, 0.1) is 11.3 Å². The molecule has 0 atom stereocenters. The molecule has 39 heavy (non-hydrogen) atoms. The normalized spacial score (nSPS) is 11.7. The molecule has 198 valence electrons. The number of carbonyl (C=O) groups is 3. The number of rotatable bonds is 7. The first-order chi connectivity index (χ1) is 18.7. The molecule has 4 aromatic rings. The maximum atomic E-state index is 14.6. The Bertz CT molecular complexity index is 1620. The molecule has 0 saturated heterocycles. The molecule has 0 aliphatic carbocycles. The predicted molar refractivity (Wildman–Crippen MR) is 141 cm³/mol. The van der Waals surface area contributed by atoms with E-state index in [2.05, 4.69) is 10.4 Å². The number of amides is 2. The first-order valence-electron chi connectivity index (χ1n) is 11.9. The molecular weight excluding hydrogens is 527 g/mol. The van der Waals surface area contributed by atoms with Crippen molar-refractivity contribution in [3.05, 3.63) is 100.0 Å². The van der Waals surface area contributed by atoms with Crippen molar-refractivity contribution in [1.82, 2.24) is 14.7 Å². The van der Waals surface area contributed by atoms with Gasteiger partial charge in [-0.2, -0.15) is 5.10 Å². The number of nitrogens with zero attached hydrogens (tertiary/aromatic N) is 3. The lowest BCUT2D eigenvalue weighted by Gasteiger charge is -2.23.